The first-order valence-corrected chi connectivity index (χ1v) is 8.48. The zero-order chi connectivity index (χ0) is 17.1. The largest absolute Gasteiger partial charge is 0.488 e. The fourth-order valence-electron chi connectivity index (χ4n) is 2.55. The molecule has 1 heterocycles. The van der Waals surface area contributed by atoms with Crippen LogP contribution in [0.4, 0.5) is 5.69 Å². The van der Waals surface area contributed by atoms with Gasteiger partial charge in [0.15, 0.2) is 0 Å². The first-order valence-electron chi connectivity index (χ1n) is 7.69. The third-order valence-electron chi connectivity index (χ3n) is 3.69. The number of ether oxygens (including phenoxy) is 1. The SMILES string of the molecule is CN(C)Cc1ccc(NC(=O)C2=Cc3cc(Br)ccc3OC2)cc1. The summed E-state index contributed by atoms with van der Waals surface area (Å²) in [5, 5.41) is 2.93. The normalized spacial score (nSPS) is 13.1. The minimum Gasteiger partial charge on any atom is -0.488 e. The van der Waals surface area contributed by atoms with E-state index in [1.807, 2.05) is 62.6 Å². The molecule has 0 radical (unpaired) electrons. The Hall–Kier alpha value is -2.11. The molecule has 0 bridgehead atoms. The highest BCUT2D eigenvalue weighted by Gasteiger charge is 2.17. The van der Waals surface area contributed by atoms with Crippen molar-refractivity contribution >= 4 is 33.6 Å². The monoisotopic (exact) mass is 386 g/mol. The Bertz CT molecular complexity index is 782. The molecule has 0 unspecified atom stereocenters. The summed E-state index contributed by atoms with van der Waals surface area (Å²) in [7, 11) is 4.06. The first kappa shape index (κ1) is 16.7. The summed E-state index contributed by atoms with van der Waals surface area (Å²) < 4.78 is 6.61. The van der Waals surface area contributed by atoms with Gasteiger partial charge < -0.3 is 15.0 Å². The second kappa shape index (κ2) is 7.20. The number of nitrogens with one attached hydrogen (secondary N) is 1. The molecule has 124 valence electrons. The summed E-state index contributed by atoms with van der Waals surface area (Å²) in [6.07, 6.45) is 1.87. The smallest absolute Gasteiger partial charge is 0.255 e. The van der Waals surface area contributed by atoms with Crippen molar-refractivity contribution < 1.29 is 9.53 Å². The average molecular weight is 387 g/mol. The van der Waals surface area contributed by atoms with Crippen molar-refractivity contribution in [3.8, 4) is 5.75 Å². The molecular formula is C19H19BrN2O2. The van der Waals surface area contributed by atoms with Crippen LogP contribution in [0.15, 0.2) is 52.5 Å². The van der Waals surface area contributed by atoms with Gasteiger partial charge in [-0.25, -0.2) is 0 Å². The summed E-state index contributed by atoms with van der Waals surface area (Å²) in [6.45, 7) is 1.15. The molecule has 1 aliphatic heterocycles. The van der Waals surface area contributed by atoms with E-state index in [0.717, 1.165) is 28.0 Å². The summed E-state index contributed by atoms with van der Waals surface area (Å²) >= 11 is 3.44. The molecule has 0 saturated heterocycles. The van der Waals surface area contributed by atoms with Gasteiger partial charge in [0.05, 0.1) is 5.57 Å². The van der Waals surface area contributed by atoms with E-state index in [4.69, 9.17) is 4.74 Å². The molecule has 0 aromatic heterocycles. The summed E-state index contributed by atoms with van der Waals surface area (Å²) in [6, 6.07) is 13.7. The van der Waals surface area contributed by atoms with Crippen molar-refractivity contribution in [1.29, 1.82) is 0 Å². The van der Waals surface area contributed by atoms with Crippen molar-refractivity contribution in [2.24, 2.45) is 0 Å². The van der Waals surface area contributed by atoms with Crippen LogP contribution in [-0.4, -0.2) is 31.5 Å². The highest BCUT2D eigenvalue weighted by atomic mass is 79.9. The van der Waals surface area contributed by atoms with Gasteiger partial charge in [-0.2, -0.15) is 0 Å². The number of amides is 1. The van der Waals surface area contributed by atoms with Crippen LogP contribution in [0.25, 0.3) is 6.08 Å². The standard InChI is InChI=1S/C19H19BrN2O2/c1-22(2)11-13-3-6-17(7-4-13)21-19(23)15-9-14-10-16(20)5-8-18(14)24-12-15/h3-10H,11-12H2,1-2H3,(H,21,23). The zero-order valence-electron chi connectivity index (χ0n) is 13.7. The van der Waals surface area contributed by atoms with E-state index < -0.39 is 0 Å². The molecule has 0 spiro atoms. The quantitative estimate of drug-likeness (QED) is 0.865. The van der Waals surface area contributed by atoms with Gasteiger partial charge >= 0.3 is 0 Å². The number of carbonyl (C=O) groups is 1. The molecule has 0 fully saturated rings. The Morgan fingerprint density at radius 3 is 2.67 bits per heavy atom. The molecule has 4 nitrogen and oxygen atoms in total. The third kappa shape index (κ3) is 4.04. The van der Waals surface area contributed by atoms with Crippen LogP contribution < -0.4 is 10.1 Å². The number of fused-ring (bicyclic) bond motifs is 1. The lowest BCUT2D eigenvalue weighted by atomic mass is 10.1. The fourth-order valence-corrected chi connectivity index (χ4v) is 2.93. The maximum atomic E-state index is 12.4. The van der Waals surface area contributed by atoms with Crippen molar-refractivity contribution in [3.05, 3.63) is 63.6 Å². The number of anilines is 1. The number of nitrogens with zero attached hydrogens (tertiary/aromatic N) is 1. The number of hydrogen-bond donors (Lipinski definition) is 1. The van der Waals surface area contributed by atoms with E-state index >= 15 is 0 Å². The number of halogens is 1. The van der Waals surface area contributed by atoms with E-state index in [1.165, 1.54) is 5.56 Å². The van der Waals surface area contributed by atoms with E-state index in [9.17, 15) is 4.79 Å². The molecular weight excluding hydrogens is 368 g/mol. The molecule has 1 aliphatic rings. The predicted octanol–water partition coefficient (Wildman–Crippen LogP) is 3.93. The third-order valence-corrected chi connectivity index (χ3v) is 4.18. The Morgan fingerprint density at radius 1 is 1.21 bits per heavy atom. The molecule has 0 aliphatic carbocycles. The maximum Gasteiger partial charge on any atom is 0.255 e. The van der Waals surface area contributed by atoms with E-state index in [-0.39, 0.29) is 12.5 Å². The topological polar surface area (TPSA) is 41.6 Å². The summed E-state index contributed by atoms with van der Waals surface area (Å²) in [5.74, 6) is 0.656. The van der Waals surface area contributed by atoms with Gasteiger partial charge in [0.2, 0.25) is 0 Å². The van der Waals surface area contributed by atoms with Crippen LogP contribution in [0.1, 0.15) is 11.1 Å². The van der Waals surface area contributed by atoms with Crippen molar-refractivity contribution in [3.63, 3.8) is 0 Å². The molecule has 2 aromatic carbocycles. The van der Waals surface area contributed by atoms with Gasteiger partial charge in [0.1, 0.15) is 12.4 Å². The lowest BCUT2D eigenvalue weighted by molar-refractivity contribution is -0.113. The van der Waals surface area contributed by atoms with Crippen LogP contribution in [0.5, 0.6) is 5.75 Å². The zero-order valence-corrected chi connectivity index (χ0v) is 15.3. The van der Waals surface area contributed by atoms with Crippen LogP contribution in [0.2, 0.25) is 0 Å². The highest BCUT2D eigenvalue weighted by Crippen LogP contribution is 2.29. The maximum absolute atomic E-state index is 12.4. The lowest BCUT2D eigenvalue weighted by Crippen LogP contribution is -2.21. The Morgan fingerprint density at radius 2 is 1.96 bits per heavy atom. The Kier molecular flexibility index (Phi) is 5.02. The van der Waals surface area contributed by atoms with Gasteiger partial charge in [-0.3, -0.25) is 4.79 Å². The van der Waals surface area contributed by atoms with Crippen LogP contribution in [-0.2, 0) is 11.3 Å². The Balaban J connectivity index is 1.71. The second-order valence-electron chi connectivity index (χ2n) is 6.03. The van der Waals surface area contributed by atoms with Gasteiger partial charge in [0.25, 0.3) is 5.91 Å². The van der Waals surface area contributed by atoms with Crippen molar-refractivity contribution in [2.45, 2.75) is 6.54 Å². The van der Waals surface area contributed by atoms with Gasteiger partial charge in [-0.15, -0.1) is 0 Å². The van der Waals surface area contributed by atoms with Crippen molar-refractivity contribution in [1.82, 2.24) is 4.90 Å². The van der Waals surface area contributed by atoms with Crippen LogP contribution in [0, 0.1) is 0 Å². The molecule has 0 atom stereocenters. The lowest BCUT2D eigenvalue weighted by Gasteiger charge is -2.18. The molecule has 0 saturated carbocycles. The average Bonchev–Trinajstić information content (AvgIpc) is 2.55. The van der Waals surface area contributed by atoms with E-state index in [1.54, 1.807) is 0 Å². The summed E-state index contributed by atoms with van der Waals surface area (Å²) in [5.41, 5.74) is 3.50. The molecule has 24 heavy (non-hydrogen) atoms. The molecule has 1 amide bonds. The highest BCUT2D eigenvalue weighted by molar-refractivity contribution is 9.10. The predicted molar refractivity (Wildman–Crippen MR) is 100 cm³/mol. The van der Waals surface area contributed by atoms with E-state index in [2.05, 4.69) is 26.1 Å². The van der Waals surface area contributed by atoms with Crippen LogP contribution >= 0.6 is 15.9 Å². The number of hydrogen-bond acceptors (Lipinski definition) is 3. The second-order valence-corrected chi connectivity index (χ2v) is 6.94. The van der Waals surface area contributed by atoms with E-state index in [0.29, 0.717) is 5.57 Å². The fraction of sp³-hybridized carbons (Fsp3) is 0.211. The van der Waals surface area contributed by atoms with Crippen molar-refractivity contribution in [2.75, 3.05) is 26.0 Å². The van der Waals surface area contributed by atoms with Gasteiger partial charge in [0, 0.05) is 22.3 Å². The minimum absolute atomic E-state index is 0.138. The number of benzene rings is 2. The van der Waals surface area contributed by atoms with Gasteiger partial charge in [-0.1, -0.05) is 28.1 Å². The molecule has 5 heteroatoms. The van der Waals surface area contributed by atoms with Gasteiger partial charge in [-0.05, 0) is 56.1 Å². The Labute approximate surface area is 150 Å². The number of carbonyl (C=O) groups excluding carboxylic acids is 1. The summed E-state index contributed by atoms with van der Waals surface area (Å²) in [4.78, 5) is 14.6. The first-order chi connectivity index (χ1) is 11.5. The minimum atomic E-state index is -0.138. The number of rotatable bonds is 4. The molecule has 3 rings (SSSR count). The molecule has 2 aromatic rings. The van der Waals surface area contributed by atoms with Crippen LogP contribution in [0.3, 0.4) is 0 Å². The molecule has 1 N–H and O–H groups in total.